The quantitative estimate of drug-likeness (QED) is 0.115. The minimum atomic E-state index is -0.0930. The minimum absolute atomic E-state index is 0. The average Bonchev–Trinajstić information content (AvgIpc) is 3.17. The molecule has 0 atom stereocenters. The largest absolute Gasteiger partial charge is 3.00 e. The Morgan fingerprint density at radius 2 is 0.863 bits per heavy atom. The molecule has 3 heterocycles. The topological polar surface area (TPSA) is 38.7 Å². The van der Waals surface area contributed by atoms with Crippen LogP contribution in [-0.2, 0) is 57.6 Å². The van der Waals surface area contributed by atoms with Crippen LogP contribution in [0.5, 0.6) is 0 Å². The Morgan fingerprint density at radius 1 is 0.451 bits per heavy atom. The molecule has 0 saturated carbocycles. The molecule has 0 N–H and O–H groups in total. The van der Waals surface area contributed by atoms with Crippen LogP contribution in [0.25, 0.3) is 33.8 Å². The predicted molar refractivity (Wildman–Crippen MR) is 204 cm³/mol. The Morgan fingerprint density at radius 3 is 1.24 bits per heavy atom. The molecular weight excluding hydrogens is 799 g/mol. The molecule has 7 aromatic rings. The first-order valence-corrected chi connectivity index (χ1v) is 17.4. The molecule has 0 aliphatic carbocycles. The van der Waals surface area contributed by atoms with Crippen molar-refractivity contribution in [1.29, 1.82) is 0 Å². The van der Waals surface area contributed by atoms with Crippen molar-refractivity contribution < 1.29 is 20.1 Å². The number of hydrogen-bond donors (Lipinski definition) is 0. The van der Waals surface area contributed by atoms with Gasteiger partial charge in [0.25, 0.3) is 0 Å². The van der Waals surface area contributed by atoms with Gasteiger partial charge in [0.1, 0.15) is 0 Å². The number of aryl methyl sites for hydroxylation is 4. The van der Waals surface area contributed by atoms with Crippen LogP contribution in [0.2, 0.25) is 0 Å². The summed E-state index contributed by atoms with van der Waals surface area (Å²) in [6.45, 7) is 4.64. The van der Waals surface area contributed by atoms with Gasteiger partial charge in [-0.3, -0.25) is 0 Å². The van der Waals surface area contributed by atoms with E-state index in [1.54, 1.807) is 0 Å². The van der Waals surface area contributed by atoms with Crippen LogP contribution >= 0.6 is 0 Å². The number of rotatable bonds is 12. The van der Waals surface area contributed by atoms with Crippen LogP contribution in [0.4, 0.5) is 0 Å². The summed E-state index contributed by atoms with van der Waals surface area (Å²) in [7, 11) is 0. The van der Waals surface area contributed by atoms with E-state index in [2.05, 4.69) is 105 Å². The number of pyridine rings is 3. The predicted octanol–water partition coefficient (Wildman–Crippen LogP) is 10.4. The second-order valence-electron chi connectivity index (χ2n) is 13.6. The molecule has 7 rings (SSSR count). The van der Waals surface area contributed by atoms with E-state index in [1.165, 1.54) is 33.4 Å². The van der Waals surface area contributed by atoms with Crippen LogP contribution in [0.1, 0.15) is 47.2 Å². The first kappa shape index (κ1) is 35.8. The fourth-order valence-electron chi connectivity index (χ4n) is 6.49. The molecule has 0 amide bonds. The van der Waals surface area contributed by atoms with Gasteiger partial charge in [-0.1, -0.05) is 68.4 Å². The fourth-order valence-corrected chi connectivity index (χ4v) is 6.49. The molecule has 0 fully saturated rings. The molecule has 0 aliphatic rings. The first-order valence-electron chi connectivity index (χ1n) is 17.4. The molecule has 51 heavy (non-hydrogen) atoms. The summed E-state index contributed by atoms with van der Waals surface area (Å²) in [5.74, 6) is 0. The molecule has 3 aromatic heterocycles. The second-order valence-corrected chi connectivity index (χ2v) is 13.6. The van der Waals surface area contributed by atoms with Crippen LogP contribution < -0.4 is 0 Å². The van der Waals surface area contributed by atoms with Gasteiger partial charge in [-0.05, 0) is 88.0 Å². The zero-order valence-electron chi connectivity index (χ0n) is 29.1. The molecule has 4 aromatic carbocycles. The van der Waals surface area contributed by atoms with Crippen molar-refractivity contribution in [2.45, 2.75) is 51.4 Å². The van der Waals surface area contributed by atoms with Crippen LogP contribution in [-0.4, -0.2) is 15.0 Å². The molecule has 0 aliphatic heterocycles. The Hall–Kier alpha value is -5.02. The normalized spacial score (nSPS) is 11.2. The van der Waals surface area contributed by atoms with Crippen molar-refractivity contribution >= 4 is 0 Å². The van der Waals surface area contributed by atoms with Crippen molar-refractivity contribution in [3.05, 3.63) is 198 Å². The van der Waals surface area contributed by atoms with Crippen LogP contribution in [0.3, 0.4) is 0 Å². The standard InChI is InChI=1S/C47H40N3.Ir/c1-47(2,43-24-27-46(50-34-43)42-16-10-5-11-17-42)31-39-29-37(20-18-35-22-25-44(48-32-35)40-12-6-3-7-13-40)28-38(30-39)21-19-36-23-26-45(49-33-36)41-14-8-4-9-15-41;/h3-12,14,16,22-30,32-34H,18-21,31H2,1-2H3;/q-3;+3. The summed E-state index contributed by atoms with van der Waals surface area (Å²) < 4.78 is 0. The monoisotopic (exact) mass is 839 g/mol. The van der Waals surface area contributed by atoms with E-state index < -0.39 is 0 Å². The summed E-state index contributed by atoms with van der Waals surface area (Å²) in [6.07, 6.45) is 10.7. The van der Waals surface area contributed by atoms with E-state index in [1.807, 2.05) is 73.2 Å². The third kappa shape index (κ3) is 9.41. The minimum Gasteiger partial charge on any atom is -0.304 e. The first-order chi connectivity index (χ1) is 24.5. The van der Waals surface area contributed by atoms with Crippen molar-refractivity contribution in [2.75, 3.05) is 0 Å². The van der Waals surface area contributed by atoms with Gasteiger partial charge in [0.15, 0.2) is 0 Å². The van der Waals surface area contributed by atoms with Gasteiger partial charge in [0.2, 0.25) is 0 Å². The molecule has 0 unspecified atom stereocenters. The zero-order valence-corrected chi connectivity index (χ0v) is 31.5. The fraction of sp³-hybridized carbons (Fsp3) is 0.170. The summed E-state index contributed by atoms with van der Waals surface area (Å²) in [5.41, 5.74) is 13.6. The van der Waals surface area contributed by atoms with E-state index in [9.17, 15) is 0 Å². The Labute approximate surface area is 316 Å². The zero-order chi connectivity index (χ0) is 34.2. The molecule has 252 valence electrons. The maximum Gasteiger partial charge on any atom is 3.00 e. The molecule has 0 spiro atoms. The molecular formula is C47H40IrN3. The van der Waals surface area contributed by atoms with E-state index in [0.29, 0.717) is 0 Å². The van der Waals surface area contributed by atoms with E-state index in [4.69, 9.17) is 15.0 Å². The summed E-state index contributed by atoms with van der Waals surface area (Å²) in [4.78, 5) is 14.3. The van der Waals surface area contributed by atoms with Crippen molar-refractivity contribution in [3.63, 3.8) is 0 Å². The van der Waals surface area contributed by atoms with Gasteiger partial charge < -0.3 is 15.0 Å². The Balaban J connectivity index is 0.00000448. The maximum absolute atomic E-state index is 4.82. The van der Waals surface area contributed by atoms with Gasteiger partial charge in [0, 0.05) is 18.6 Å². The van der Waals surface area contributed by atoms with Crippen molar-refractivity contribution in [2.24, 2.45) is 0 Å². The third-order valence-corrected chi connectivity index (χ3v) is 9.31. The third-order valence-electron chi connectivity index (χ3n) is 9.31. The van der Waals surface area contributed by atoms with E-state index in [0.717, 1.165) is 65.9 Å². The molecule has 0 bridgehead atoms. The number of hydrogen-bond acceptors (Lipinski definition) is 3. The Kier molecular flexibility index (Phi) is 11.8. The SMILES string of the molecule is CC(C)(Cc1cc(CCc2ccc(-c3[c-]cccc3)nc2)cc(CCc2ccc(-c3[c-]cccc3)nc2)c1)c1ccc(-c2[c-]cccc2)nc1.[Ir+3]. The number of benzene rings is 4. The van der Waals surface area contributed by atoms with E-state index >= 15 is 0 Å². The number of nitrogens with zero attached hydrogens (tertiary/aromatic N) is 3. The van der Waals surface area contributed by atoms with Crippen LogP contribution in [0.15, 0.2) is 146 Å². The maximum atomic E-state index is 4.82. The van der Waals surface area contributed by atoms with Gasteiger partial charge in [0.05, 0.1) is 0 Å². The van der Waals surface area contributed by atoms with Gasteiger partial charge in [-0.2, -0.15) is 0 Å². The summed E-state index contributed by atoms with van der Waals surface area (Å²) in [5, 5.41) is 0. The average molecular weight is 839 g/mol. The van der Waals surface area contributed by atoms with Gasteiger partial charge in [-0.15, -0.1) is 108 Å². The molecule has 3 nitrogen and oxygen atoms in total. The van der Waals surface area contributed by atoms with Crippen LogP contribution in [0, 0.1) is 18.2 Å². The Bertz CT molecular complexity index is 2010. The number of aromatic nitrogens is 3. The summed E-state index contributed by atoms with van der Waals surface area (Å²) in [6, 6.07) is 54.0. The molecule has 4 heteroatoms. The molecule has 0 radical (unpaired) electrons. The van der Waals surface area contributed by atoms with Gasteiger partial charge >= 0.3 is 20.1 Å². The molecule has 0 saturated heterocycles. The summed E-state index contributed by atoms with van der Waals surface area (Å²) >= 11 is 0. The van der Waals surface area contributed by atoms with Gasteiger partial charge in [-0.25, -0.2) is 0 Å². The van der Waals surface area contributed by atoms with E-state index in [-0.39, 0.29) is 25.5 Å². The second kappa shape index (κ2) is 16.8. The van der Waals surface area contributed by atoms with Crippen molar-refractivity contribution in [1.82, 2.24) is 15.0 Å². The van der Waals surface area contributed by atoms with Crippen molar-refractivity contribution in [3.8, 4) is 33.8 Å². The smallest absolute Gasteiger partial charge is 0.304 e.